The van der Waals surface area contributed by atoms with Crippen LogP contribution in [0.4, 0.5) is 0 Å². The summed E-state index contributed by atoms with van der Waals surface area (Å²) in [4.78, 5) is 8.95. The van der Waals surface area contributed by atoms with Crippen LogP contribution in [0, 0.1) is 0 Å². The van der Waals surface area contributed by atoms with Crippen molar-refractivity contribution >= 4 is 11.8 Å². The summed E-state index contributed by atoms with van der Waals surface area (Å²) in [7, 11) is 3.23. The maximum atomic E-state index is 5.22. The van der Waals surface area contributed by atoms with Crippen LogP contribution in [0.5, 0.6) is 0 Å². The minimum atomic E-state index is -0.435. The van der Waals surface area contributed by atoms with Crippen LogP contribution in [-0.4, -0.2) is 37.1 Å². The summed E-state index contributed by atoms with van der Waals surface area (Å²) in [5.74, 6) is 1.28. The van der Waals surface area contributed by atoms with Gasteiger partial charge in [-0.05, 0) is 27.7 Å². The van der Waals surface area contributed by atoms with Gasteiger partial charge in [0.05, 0.1) is 14.2 Å². The molecule has 80 valence electrons. The number of rotatable bonds is 0. The first-order chi connectivity index (χ1) is 6.33. The predicted molar refractivity (Wildman–Crippen MR) is 57.0 cm³/mol. The topological polar surface area (TPSA) is 43.2 Å². The van der Waals surface area contributed by atoms with Gasteiger partial charge in [-0.25, -0.2) is 9.98 Å². The Morgan fingerprint density at radius 1 is 0.786 bits per heavy atom. The average Bonchev–Trinajstić information content (AvgIpc) is 2.08. The number of nitrogens with zero attached hydrogens (tertiary/aromatic N) is 2. The van der Waals surface area contributed by atoms with E-state index in [2.05, 4.69) is 9.98 Å². The zero-order valence-corrected chi connectivity index (χ0v) is 9.71. The van der Waals surface area contributed by atoms with Gasteiger partial charge in [-0.2, -0.15) is 0 Å². The summed E-state index contributed by atoms with van der Waals surface area (Å²) in [6, 6.07) is 0. The van der Waals surface area contributed by atoms with Crippen LogP contribution in [0.25, 0.3) is 0 Å². The van der Waals surface area contributed by atoms with Crippen molar-refractivity contribution in [1.82, 2.24) is 0 Å². The van der Waals surface area contributed by atoms with E-state index in [1.54, 1.807) is 14.2 Å². The molecule has 0 N–H and O–H groups in total. The monoisotopic (exact) mass is 198 g/mol. The van der Waals surface area contributed by atoms with Crippen LogP contribution in [0.1, 0.15) is 27.7 Å². The van der Waals surface area contributed by atoms with Gasteiger partial charge in [0.2, 0.25) is 11.8 Å². The molecule has 0 fully saturated rings. The standard InChI is InChI=1S/C10H18N2O2/c1-9(2)7(13-5)12-10(3,4)8(11-9)14-6/h1-6H3. The van der Waals surface area contributed by atoms with E-state index in [1.165, 1.54) is 0 Å². The number of ether oxygens (including phenoxy) is 2. The van der Waals surface area contributed by atoms with Crippen LogP contribution >= 0.6 is 0 Å². The van der Waals surface area contributed by atoms with Gasteiger partial charge in [0.25, 0.3) is 0 Å². The van der Waals surface area contributed by atoms with E-state index in [9.17, 15) is 0 Å². The van der Waals surface area contributed by atoms with Crippen molar-refractivity contribution in [3.05, 3.63) is 0 Å². The summed E-state index contributed by atoms with van der Waals surface area (Å²) in [5.41, 5.74) is -0.870. The SMILES string of the molecule is COC1=NC(C)(C)C(OC)=NC1(C)C. The molecule has 0 atom stereocenters. The van der Waals surface area contributed by atoms with Crippen molar-refractivity contribution in [2.75, 3.05) is 14.2 Å². The van der Waals surface area contributed by atoms with Gasteiger partial charge in [0, 0.05) is 0 Å². The summed E-state index contributed by atoms with van der Waals surface area (Å²) in [5, 5.41) is 0. The zero-order valence-electron chi connectivity index (χ0n) is 9.71. The van der Waals surface area contributed by atoms with E-state index in [0.717, 1.165) is 0 Å². The van der Waals surface area contributed by atoms with E-state index in [1.807, 2.05) is 27.7 Å². The molecule has 0 radical (unpaired) electrons. The molecule has 1 aliphatic heterocycles. The third-order valence-corrected chi connectivity index (χ3v) is 2.20. The van der Waals surface area contributed by atoms with Crippen LogP contribution in [0.15, 0.2) is 9.98 Å². The van der Waals surface area contributed by atoms with Crippen molar-refractivity contribution in [3.8, 4) is 0 Å². The summed E-state index contributed by atoms with van der Waals surface area (Å²) < 4.78 is 10.4. The van der Waals surface area contributed by atoms with Gasteiger partial charge in [0.1, 0.15) is 11.1 Å². The normalized spacial score (nSPS) is 23.6. The third-order valence-electron chi connectivity index (χ3n) is 2.20. The quantitative estimate of drug-likeness (QED) is 0.594. The van der Waals surface area contributed by atoms with Crippen LogP contribution in [0.3, 0.4) is 0 Å². The highest BCUT2D eigenvalue weighted by molar-refractivity contribution is 5.98. The molecule has 4 nitrogen and oxygen atoms in total. The van der Waals surface area contributed by atoms with Gasteiger partial charge in [-0.15, -0.1) is 0 Å². The molecule has 0 aromatic carbocycles. The fourth-order valence-corrected chi connectivity index (χ4v) is 1.47. The van der Waals surface area contributed by atoms with Crippen molar-refractivity contribution in [2.24, 2.45) is 9.98 Å². The van der Waals surface area contributed by atoms with E-state index >= 15 is 0 Å². The first-order valence-corrected chi connectivity index (χ1v) is 4.62. The van der Waals surface area contributed by atoms with Crippen molar-refractivity contribution in [3.63, 3.8) is 0 Å². The zero-order chi connectivity index (χ0) is 11.0. The summed E-state index contributed by atoms with van der Waals surface area (Å²) >= 11 is 0. The second-order valence-corrected chi connectivity index (χ2v) is 4.36. The molecule has 0 unspecified atom stereocenters. The molecule has 0 spiro atoms. The molecule has 0 amide bonds. The minimum absolute atomic E-state index is 0.435. The van der Waals surface area contributed by atoms with Crippen LogP contribution in [0.2, 0.25) is 0 Å². The molecule has 0 saturated carbocycles. The van der Waals surface area contributed by atoms with E-state index in [-0.39, 0.29) is 0 Å². The second kappa shape index (κ2) is 3.26. The summed E-state index contributed by atoms with van der Waals surface area (Å²) in [6.45, 7) is 7.79. The molecular weight excluding hydrogens is 180 g/mol. The lowest BCUT2D eigenvalue weighted by molar-refractivity contribution is 0.311. The van der Waals surface area contributed by atoms with Gasteiger partial charge in [0.15, 0.2) is 0 Å². The molecule has 1 aliphatic rings. The lowest BCUT2D eigenvalue weighted by Gasteiger charge is -2.33. The third kappa shape index (κ3) is 1.74. The molecule has 1 rings (SSSR count). The smallest absolute Gasteiger partial charge is 0.212 e. The average molecular weight is 198 g/mol. The van der Waals surface area contributed by atoms with Crippen molar-refractivity contribution in [2.45, 2.75) is 38.8 Å². The number of hydrogen-bond donors (Lipinski definition) is 0. The molecule has 0 aliphatic carbocycles. The predicted octanol–water partition coefficient (Wildman–Crippen LogP) is 1.65. The highest BCUT2D eigenvalue weighted by atomic mass is 16.5. The van der Waals surface area contributed by atoms with Gasteiger partial charge >= 0.3 is 0 Å². The maximum Gasteiger partial charge on any atom is 0.212 e. The van der Waals surface area contributed by atoms with Crippen LogP contribution < -0.4 is 0 Å². The van der Waals surface area contributed by atoms with Gasteiger partial charge < -0.3 is 9.47 Å². The highest BCUT2D eigenvalue weighted by Gasteiger charge is 2.39. The Balaban J connectivity index is 3.14. The maximum absolute atomic E-state index is 5.22. The molecule has 0 bridgehead atoms. The highest BCUT2D eigenvalue weighted by Crippen LogP contribution is 2.26. The first-order valence-electron chi connectivity index (χ1n) is 4.62. The Hall–Kier alpha value is -1.06. The Bertz CT molecular complexity index is 260. The second-order valence-electron chi connectivity index (χ2n) is 4.36. The first kappa shape index (κ1) is 11.0. The fourth-order valence-electron chi connectivity index (χ4n) is 1.47. The molecule has 14 heavy (non-hydrogen) atoms. The Kier molecular flexibility index (Phi) is 2.56. The Morgan fingerprint density at radius 2 is 1.07 bits per heavy atom. The largest absolute Gasteiger partial charge is 0.483 e. The fraction of sp³-hybridized carbons (Fsp3) is 0.800. The molecule has 4 heteroatoms. The van der Waals surface area contributed by atoms with Gasteiger partial charge in [-0.1, -0.05) is 0 Å². The van der Waals surface area contributed by atoms with Crippen LogP contribution in [-0.2, 0) is 9.47 Å². The number of hydrogen-bond acceptors (Lipinski definition) is 4. The molecular formula is C10H18N2O2. The van der Waals surface area contributed by atoms with Crippen molar-refractivity contribution < 1.29 is 9.47 Å². The molecule has 0 aromatic heterocycles. The van der Waals surface area contributed by atoms with E-state index in [0.29, 0.717) is 11.8 Å². The number of aliphatic imine (C=N–C) groups is 2. The number of methoxy groups -OCH3 is 2. The lowest BCUT2D eigenvalue weighted by Crippen LogP contribution is -2.45. The molecule has 1 heterocycles. The lowest BCUT2D eigenvalue weighted by atomic mass is 9.98. The Labute approximate surface area is 85.0 Å². The minimum Gasteiger partial charge on any atom is -0.483 e. The Morgan fingerprint density at radius 3 is 1.29 bits per heavy atom. The van der Waals surface area contributed by atoms with E-state index in [4.69, 9.17) is 9.47 Å². The molecule has 0 saturated heterocycles. The van der Waals surface area contributed by atoms with E-state index < -0.39 is 11.1 Å². The van der Waals surface area contributed by atoms with Crippen molar-refractivity contribution in [1.29, 1.82) is 0 Å². The molecule has 0 aromatic rings. The summed E-state index contributed by atoms with van der Waals surface area (Å²) in [6.07, 6.45) is 0. The van der Waals surface area contributed by atoms with Gasteiger partial charge in [-0.3, -0.25) is 0 Å².